The van der Waals surface area contributed by atoms with E-state index in [0.29, 0.717) is 6.04 Å². The fourth-order valence-electron chi connectivity index (χ4n) is 2.54. The Morgan fingerprint density at radius 2 is 1.95 bits per heavy atom. The highest BCUT2D eigenvalue weighted by Gasteiger charge is 2.16. The lowest BCUT2D eigenvalue weighted by Gasteiger charge is -2.31. The van der Waals surface area contributed by atoms with Crippen LogP contribution in [0.1, 0.15) is 37.8 Å². The first kappa shape index (κ1) is 17.4. The van der Waals surface area contributed by atoms with Crippen LogP contribution >= 0.6 is 11.8 Å². The van der Waals surface area contributed by atoms with Crippen LogP contribution in [0.4, 0.5) is 5.69 Å². The highest BCUT2D eigenvalue weighted by molar-refractivity contribution is 7.98. The molecule has 0 fully saturated rings. The minimum Gasteiger partial charge on any atom is -0.371 e. The first-order chi connectivity index (χ1) is 9.53. The van der Waals surface area contributed by atoms with Crippen LogP contribution in [0.5, 0.6) is 0 Å². The van der Waals surface area contributed by atoms with Crippen LogP contribution in [0, 0.1) is 6.92 Å². The summed E-state index contributed by atoms with van der Waals surface area (Å²) in [5.41, 5.74) is 10.2. The van der Waals surface area contributed by atoms with Gasteiger partial charge in [-0.15, -0.1) is 0 Å². The van der Waals surface area contributed by atoms with Crippen molar-refractivity contribution in [2.75, 3.05) is 24.0 Å². The van der Waals surface area contributed by atoms with Crippen molar-refractivity contribution in [3.63, 3.8) is 0 Å². The number of rotatable bonds is 8. The van der Waals surface area contributed by atoms with Crippen LogP contribution in [0.15, 0.2) is 18.2 Å². The van der Waals surface area contributed by atoms with E-state index >= 15 is 0 Å². The van der Waals surface area contributed by atoms with Crippen molar-refractivity contribution in [1.29, 1.82) is 0 Å². The van der Waals surface area contributed by atoms with Gasteiger partial charge in [0.15, 0.2) is 0 Å². The highest BCUT2D eigenvalue weighted by atomic mass is 32.2. The third-order valence-electron chi connectivity index (χ3n) is 4.00. The Morgan fingerprint density at radius 1 is 1.25 bits per heavy atom. The largest absolute Gasteiger partial charge is 0.371 e. The van der Waals surface area contributed by atoms with Gasteiger partial charge in [0.05, 0.1) is 0 Å². The molecule has 0 bridgehead atoms. The second kappa shape index (κ2) is 8.58. The van der Waals surface area contributed by atoms with Gasteiger partial charge in [0.25, 0.3) is 0 Å². The first-order valence-corrected chi connectivity index (χ1v) is 8.99. The van der Waals surface area contributed by atoms with E-state index in [4.69, 9.17) is 5.73 Å². The molecule has 0 saturated heterocycles. The van der Waals surface area contributed by atoms with Crippen LogP contribution in [0.25, 0.3) is 0 Å². The highest BCUT2D eigenvalue weighted by Crippen LogP contribution is 2.26. The lowest BCUT2D eigenvalue weighted by molar-refractivity contribution is 0.635. The Bertz CT molecular complexity index is 406. The molecule has 0 aliphatic heterocycles. The molecule has 114 valence electrons. The molecule has 1 aromatic carbocycles. The van der Waals surface area contributed by atoms with Gasteiger partial charge >= 0.3 is 0 Å². The Kier molecular flexibility index (Phi) is 7.46. The average molecular weight is 295 g/mol. The third-order valence-corrected chi connectivity index (χ3v) is 4.72. The number of nitrogens with zero attached hydrogens (tertiary/aromatic N) is 1. The van der Waals surface area contributed by atoms with Gasteiger partial charge < -0.3 is 10.6 Å². The molecular formula is C17H30N2S. The Morgan fingerprint density at radius 3 is 2.50 bits per heavy atom. The van der Waals surface area contributed by atoms with E-state index in [-0.39, 0.29) is 6.04 Å². The Hall–Kier alpha value is -0.670. The van der Waals surface area contributed by atoms with Crippen LogP contribution in [0.2, 0.25) is 0 Å². The molecule has 2 N–H and O–H groups in total. The van der Waals surface area contributed by atoms with E-state index in [1.165, 1.54) is 29.0 Å². The predicted octanol–water partition coefficient (Wildman–Crippen LogP) is 3.85. The molecule has 0 amide bonds. The van der Waals surface area contributed by atoms with Gasteiger partial charge in [-0.25, -0.2) is 0 Å². The molecule has 20 heavy (non-hydrogen) atoms. The van der Waals surface area contributed by atoms with E-state index in [2.05, 4.69) is 57.2 Å². The third kappa shape index (κ3) is 4.71. The molecule has 2 unspecified atom stereocenters. The molecule has 0 heterocycles. The second-order valence-electron chi connectivity index (χ2n) is 5.63. The van der Waals surface area contributed by atoms with E-state index in [1.54, 1.807) is 0 Å². The molecule has 0 saturated carbocycles. The standard InChI is InChI=1S/C17H30N2S/c1-6-15(18)11-14-10-13(3)8-9-17(14)19(4)16(7-2)12-20-5/h8-10,15-16H,6-7,11-12,18H2,1-5H3. The van der Waals surface area contributed by atoms with E-state index in [0.717, 1.165) is 12.8 Å². The summed E-state index contributed by atoms with van der Waals surface area (Å²) < 4.78 is 0. The molecule has 1 aromatic rings. The summed E-state index contributed by atoms with van der Waals surface area (Å²) in [5, 5.41) is 0. The van der Waals surface area contributed by atoms with Gasteiger partial charge in [0.1, 0.15) is 0 Å². The molecule has 2 atom stereocenters. The normalized spacial score (nSPS) is 14.1. The smallest absolute Gasteiger partial charge is 0.0399 e. The van der Waals surface area contributed by atoms with Gasteiger partial charge in [0, 0.05) is 30.6 Å². The summed E-state index contributed by atoms with van der Waals surface area (Å²) in [6.07, 6.45) is 5.34. The van der Waals surface area contributed by atoms with Crippen LogP contribution in [-0.2, 0) is 6.42 Å². The minimum absolute atomic E-state index is 0.254. The molecule has 0 aliphatic rings. The maximum absolute atomic E-state index is 6.17. The van der Waals surface area contributed by atoms with Gasteiger partial charge in [-0.05, 0) is 44.1 Å². The summed E-state index contributed by atoms with van der Waals surface area (Å²) in [6, 6.07) is 7.61. The quantitative estimate of drug-likeness (QED) is 0.789. The van der Waals surface area contributed by atoms with Gasteiger partial charge in [-0.2, -0.15) is 11.8 Å². The summed E-state index contributed by atoms with van der Waals surface area (Å²) in [7, 11) is 2.22. The number of nitrogens with two attached hydrogens (primary N) is 1. The second-order valence-corrected chi connectivity index (χ2v) is 6.54. The zero-order valence-electron chi connectivity index (χ0n) is 13.6. The first-order valence-electron chi connectivity index (χ1n) is 7.60. The van der Waals surface area contributed by atoms with Crippen molar-refractivity contribution in [2.45, 2.75) is 52.1 Å². The van der Waals surface area contributed by atoms with E-state index in [9.17, 15) is 0 Å². The summed E-state index contributed by atoms with van der Waals surface area (Å²) in [5.74, 6) is 1.17. The molecule has 2 nitrogen and oxygen atoms in total. The van der Waals surface area contributed by atoms with Crippen LogP contribution < -0.4 is 10.6 Å². The van der Waals surface area contributed by atoms with Gasteiger partial charge in [-0.1, -0.05) is 31.5 Å². The Labute approximate surface area is 129 Å². The number of anilines is 1. The van der Waals surface area contributed by atoms with E-state index in [1.807, 2.05) is 11.8 Å². The van der Waals surface area contributed by atoms with E-state index < -0.39 is 0 Å². The fraction of sp³-hybridized carbons (Fsp3) is 0.647. The summed E-state index contributed by atoms with van der Waals surface area (Å²) in [6.45, 7) is 6.58. The van der Waals surface area contributed by atoms with Crippen molar-refractivity contribution in [3.8, 4) is 0 Å². The molecule has 0 aliphatic carbocycles. The number of aryl methyl sites for hydroxylation is 1. The summed E-state index contributed by atoms with van der Waals surface area (Å²) >= 11 is 1.92. The Balaban J connectivity index is 3.02. The van der Waals surface area contributed by atoms with Crippen LogP contribution in [0.3, 0.4) is 0 Å². The SMILES string of the molecule is CCC(N)Cc1cc(C)ccc1N(C)C(CC)CSC. The lowest BCUT2D eigenvalue weighted by atomic mass is 9.99. The monoisotopic (exact) mass is 294 g/mol. The molecular weight excluding hydrogens is 264 g/mol. The number of benzene rings is 1. The van der Waals surface area contributed by atoms with Crippen LogP contribution in [-0.4, -0.2) is 31.1 Å². The zero-order valence-corrected chi connectivity index (χ0v) is 14.5. The molecule has 1 rings (SSSR count). The maximum atomic E-state index is 6.17. The fourth-order valence-corrected chi connectivity index (χ4v) is 3.39. The number of hydrogen-bond acceptors (Lipinski definition) is 3. The zero-order chi connectivity index (χ0) is 15.1. The topological polar surface area (TPSA) is 29.3 Å². The van der Waals surface area contributed by atoms with Crippen molar-refractivity contribution in [2.24, 2.45) is 5.73 Å². The maximum Gasteiger partial charge on any atom is 0.0399 e. The van der Waals surface area contributed by atoms with Crippen molar-refractivity contribution in [3.05, 3.63) is 29.3 Å². The molecule has 0 spiro atoms. The molecule has 3 heteroatoms. The average Bonchev–Trinajstić information content (AvgIpc) is 2.44. The van der Waals surface area contributed by atoms with Crippen molar-refractivity contribution >= 4 is 17.4 Å². The molecule has 0 radical (unpaired) electrons. The van der Waals surface area contributed by atoms with Crippen molar-refractivity contribution < 1.29 is 0 Å². The number of hydrogen-bond donors (Lipinski definition) is 1. The lowest BCUT2D eigenvalue weighted by Crippen LogP contribution is -2.34. The van der Waals surface area contributed by atoms with Crippen molar-refractivity contribution in [1.82, 2.24) is 0 Å². The molecule has 0 aromatic heterocycles. The minimum atomic E-state index is 0.254. The van der Waals surface area contributed by atoms with Gasteiger partial charge in [0.2, 0.25) is 0 Å². The van der Waals surface area contributed by atoms with Gasteiger partial charge in [-0.3, -0.25) is 0 Å². The predicted molar refractivity (Wildman–Crippen MR) is 94.0 cm³/mol. The summed E-state index contributed by atoms with van der Waals surface area (Å²) in [4.78, 5) is 2.44. The number of thioether (sulfide) groups is 1.